The molecule has 0 aliphatic carbocycles. The van der Waals surface area contributed by atoms with Crippen molar-refractivity contribution in [2.45, 2.75) is 12.5 Å². The van der Waals surface area contributed by atoms with Gasteiger partial charge >= 0.3 is 0 Å². The highest BCUT2D eigenvalue weighted by Crippen LogP contribution is 2.24. The Balaban J connectivity index is 1.57. The molecule has 0 heterocycles. The van der Waals surface area contributed by atoms with E-state index in [0.717, 1.165) is 27.1 Å². The summed E-state index contributed by atoms with van der Waals surface area (Å²) in [5.41, 5.74) is 1.41. The molecule has 4 aromatic rings. The number of carbonyl (C=O) groups excluding carboxylic acids is 1. The van der Waals surface area contributed by atoms with Crippen molar-refractivity contribution in [2.24, 2.45) is 0 Å². The molecule has 0 aliphatic rings. The Hall–Kier alpha value is -2.97. The number of hydrogen-bond acceptors (Lipinski definition) is 2. The number of aliphatic hydroxyl groups is 1. The van der Waals surface area contributed by atoms with E-state index >= 15 is 0 Å². The standard InChI is InChI=1S/C23H18O2/c24-22(20-11-9-16-5-1-3-7-18(16)13-20)15-23(25)21-12-10-17-6-2-4-8-19(17)14-21/h1-14,22,24H,15H2. The third-order valence-electron chi connectivity index (χ3n) is 4.61. The summed E-state index contributed by atoms with van der Waals surface area (Å²) in [5.74, 6) is -0.0496. The molecule has 0 bridgehead atoms. The van der Waals surface area contributed by atoms with Gasteiger partial charge in [0, 0.05) is 12.0 Å². The van der Waals surface area contributed by atoms with E-state index in [1.54, 1.807) is 0 Å². The van der Waals surface area contributed by atoms with Crippen molar-refractivity contribution in [2.75, 3.05) is 0 Å². The molecule has 2 heteroatoms. The SMILES string of the molecule is O=C(CC(O)c1ccc2ccccc2c1)c1ccc2ccccc2c1. The summed E-state index contributed by atoms with van der Waals surface area (Å²) >= 11 is 0. The van der Waals surface area contributed by atoms with Gasteiger partial charge < -0.3 is 5.11 Å². The van der Waals surface area contributed by atoms with Gasteiger partial charge in [-0.25, -0.2) is 0 Å². The Morgan fingerprint density at radius 3 is 1.96 bits per heavy atom. The second kappa shape index (κ2) is 6.50. The number of hydrogen-bond donors (Lipinski definition) is 1. The van der Waals surface area contributed by atoms with Crippen LogP contribution in [0.15, 0.2) is 84.9 Å². The molecule has 1 atom stereocenters. The van der Waals surface area contributed by atoms with Crippen LogP contribution in [0.2, 0.25) is 0 Å². The van der Waals surface area contributed by atoms with Gasteiger partial charge in [-0.2, -0.15) is 0 Å². The van der Waals surface area contributed by atoms with Crippen LogP contribution in [-0.2, 0) is 0 Å². The molecule has 4 aromatic carbocycles. The predicted octanol–water partition coefficient (Wildman–Crippen LogP) is 5.30. The Morgan fingerprint density at radius 1 is 0.720 bits per heavy atom. The van der Waals surface area contributed by atoms with E-state index in [4.69, 9.17) is 0 Å². The fraction of sp³-hybridized carbons (Fsp3) is 0.0870. The zero-order chi connectivity index (χ0) is 17.2. The van der Waals surface area contributed by atoms with Crippen molar-refractivity contribution in [3.05, 3.63) is 96.1 Å². The highest BCUT2D eigenvalue weighted by atomic mass is 16.3. The molecular weight excluding hydrogens is 308 g/mol. The van der Waals surface area contributed by atoms with E-state index in [1.165, 1.54) is 0 Å². The Kier molecular flexibility index (Phi) is 4.04. The first-order chi connectivity index (χ1) is 12.2. The summed E-state index contributed by atoms with van der Waals surface area (Å²) in [5, 5.41) is 14.8. The average molecular weight is 326 g/mol. The van der Waals surface area contributed by atoms with Crippen molar-refractivity contribution < 1.29 is 9.90 Å². The van der Waals surface area contributed by atoms with Crippen molar-refractivity contribution in [1.82, 2.24) is 0 Å². The minimum absolute atomic E-state index is 0.0496. The van der Waals surface area contributed by atoms with Gasteiger partial charge in [0.25, 0.3) is 0 Å². The molecular formula is C23H18O2. The van der Waals surface area contributed by atoms with Crippen LogP contribution < -0.4 is 0 Å². The van der Waals surface area contributed by atoms with Crippen LogP contribution >= 0.6 is 0 Å². The fourth-order valence-corrected chi connectivity index (χ4v) is 3.19. The molecule has 0 aromatic heterocycles. The van der Waals surface area contributed by atoms with Gasteiger partial charge in [-0.15, -0.1) is 0 Å². The van der Waals surface area contributed by atoms with Crippen molar-refractivity contribution in [3.63, 3.8) is 0 Å². The quantitative estimate of drug-likeness (QED) is 0.517. The van der Waals surface area contributed by atoms with Crippen LogP contribution in [0.25, 0.3) is 21.5 Å². The molecule has 2 nitrogen and oxygen atoms in total. The van der Waals surface area contributed by atoms with Crippen molar-refractivity contribution in [3.8, 4) is 0 Å². The summed E-state index contributed by atoms with van der Waals surface area (Å²) in [6, 6.07) is 27.5. The Labute approximate surface area is 146 Å². The molecule has 4 rings (SSSR count). The van der Waals surface area contributed by atoms with Crippen LogP contribution in [0.4, 0.5) is 0 Å². The summed E-state index contributed by atoms with van der Waals surface area (Å²) in [7, 11) is 0. The summed E-state index contributed by atoms with van der Waals surface area (Å²) in [4.78, 5) is 12.6. The van der Waals surface area contributed by atoms with Crippen LogP contribution in [0.3, 0.4) is 0 Å². The van der Waals surface area contributed by atoms with Crippen LogP contribution in [0, 0.1) is 0 Å². The van der Waals surface area contributed by atoms with Gasteiger partial charge in [-0.05, 0) is 39.2 Å². The summed E-state index contributed by atoms with van der Waals surface area (Å²) < 4.78 is 0. The molecule has 1 N–H and O–H groups in total. The molecule has 25 heavy (non-hydrogen) atoms. The number of aliphatic hydroxyl groups excluding tert-OH is 1. The topological polar surface area (TPSA) is 37.3 Å². The van der Waals surface area contributed by atoms with Gasteiger partial charge in [0.05, 0.1) is 6.10 Å². The fourth-order valence-electron chi connectivity index (χ4n) is 3.19. The zero-order valence-electron chi connectivity index (χ0n) is 13.7. The molecule has 1 unspecified atom stereocenters. The third kappa shape index (κ3) is 3.17. The van der Waals surface area contributed by atoms with Gasteiger partial charge in [-0.1, -0.05) is 72.8 Å². The monoisotopic (exact) mass is 326 g/mol. The maximum atomic E-state index is 12.6. The summed E-state index contributed by atoms with van der Waals surface area (Å²) in [6.07, 6.45) is -0.722. The lowest BCUT2D eigenvalue weighted by Gasteiger charge is -2.12. The molecule has 0 radical (unpaired) electrons. The first kappa shape index (κ1) is 15.6. The number of rotatable bonds is 4. The number of Topliss-reactive ketones (excluding diaryl/α,β-unsaturated/α-hetero) is 1. The number of ketones is 1. The molecule has 0 amide bonds. The first-order valence-corrected chi connectivity index (χ1v) is 8.39. The summed E-state index contributed by atoms with van der Waals surface area (Å²) in [6.45, 7) is 0. The smallest absolute Gasteiger partial charge is 0.165 e. The van der Waals surface area contributed by atoms with E-state index < -0.39 is 6.10 Å². The van der Waals surface area contributed by atoms with Crippen molar-refractivity contribution >= 4 is 27.3 Å². The second-order valence-electron chi connectivity index (χ2n) is 6.31. The number of benzene rings is 4. The number of carbonyl (C=O) groups is 1. The van der Waals surface area contributed by atoms with Crippen LogP contribution in [0.5, 0.6) is 0 Å². The Bertz CT molecular complexity index is 1070. The van der Waals surface area contributed by atoms with E-state index in [-0.39, 0.29) is 12.2 Å². The second-order valence-corrected chi connectivity index (χ2v) is 6.31. The van der Waals surface area contributed by atoms with Gasteiger partial charge in [0.1, 0.15) is 0 Å². The van der Waals surface area contributed by atoms with Crippen molar-refractivity contribution in [1.29, 1.82) is 0 Å². The molecule has 0 saturated heterocycles. The zero-order valence-corrected chi connectivity index (χ0v) is 13.7. The number of fused-ring (bicyclic) bond motifs is 2. The lowest BCUT2D eigenvalue weighted by atomic mass is 9.97. The molecule has 0 aliphatic heterocycles. The maximum Gasteiger partial charge on any atom is 0.165 e. The van der Waals surface area contributed by atoms with Gasteiger partial charge in [0.15, 0.2) is 5.78 Å². The van der Waals surface area contributed by atoms with Gasteiger partial charge in [-0.3, -0.25) is 4.79 Å². The third-order valence-corrected chi connectivity index (χ3v) is 4.61. The lowest BCUT2D eigenvalue weighted by molar-refractivity contribution is 0.0880. The largest absolute Gasteiger partial charge is 0.388 e. The normalized spacial score (nSPS) is 12.4. The van der Waals surface area contributed by atoms with E-state index in [2.05, 4.69) is 0 Å². The lowest BCUT2D eigenvalue weighted by Crippen LogP contribution is -2.07. The highest BCUT2D eigenvalue weighted by molar-refractivity contribution is 6.00. The van der Waals surface area contributed by atoms with Crippen LogP contribution in [0.1, 0.15) is 28.4 Å². The molecule has 0 fully saturated rings. The predicted molar refractivity (Wildman–Crippen MR) is 102 cm³/mol. The van der Waals surface area contributed by atoms with E-state index in [0.29, 0.717) is 5.56 Å². The van der Waals surface area contributed by atoms with Crippen LogP contribution in [-0.4, -0.2) is 10.9 Å². The van der Waals surface area contributed by atoms with E-state index in [9.17, 15) is 9.90 Å². The minimum atomic E-state index is -0.802. The molecule has 122 valence electrons. The minimum Gasteiger partial charge on any atom is -0.388 e. The van der Waals surface area contributed by atoms with Gasteiger partial charge in [0.2, 0.25) is 0 Å². The maximum absolute atomic E-state index is 12.6. The molecule has 0 spiro atoms. The van der Waals surface area contributed by atoms with E-state index in [1.807, 2.05) is 84.9 Å². The Morgan fingerprint density at radius 2 is 1.28 bits per heavy atom. The highest BCUT2D eigenvalue weighted by Gasteiger charge is 2.15. The average Bonchev–Trinajstić information content (AvgIpc) is 2.67. The first-order valence-electron chi connectivity index (χ1n) is 8.39. The molecule has 0 saturated carbocycles.